The van der Waals surface area contributed by atoms with Gasteiger partial charge in [-0.15, -0.1) is 0 Å². The monoisotopic (exact) mass is 312 g/mol. The molecule has 0 aliphatic heterocycles. The second kappa shape index (κ2) is 6.03. The van der Waals surface area contributed by atoms with Crippen molar-refractivity contribution in [2.24, 2.45) is 0 Å². The summed E-state index contributed by atoms with van der Waals surface area (Å²) in [6.45, 7) is 0.342. The fourth-order valence-corrected chi connectivity index (χ4v) is 2.47. The molecular formula is C17H13ClN2O2. The van der Waals surface area contributed by atoms with Crippen LogP contribution in [0, 0.1) is 0 Å². The Morgan fingerprint density at radius 3 is 2.73 bits per heavy atom. The summed E-state index contributed by atoms with van der Waals surface area (Å²) in [4.78, 5) is 26.8. The molecule has 3 rings (SSSR count). The maximum absolute atomic E-state index is 12.2. The average Bonchev–Trinajstić information content (AvgIpc) is 2.52. The van der Waals surface area contributed by atoms with Crippen LogP contribution in [-0.2, 0) is 6.54 Å². The van der Waals surface area contributed by atoms with Crippen LogP contribution >= 0.6 is 11.6 Å². The molecule has 0 saturated heterocycles. The number of halogens is 1. The van der Waals surface area contributed by atoms with Crippen molar-refractivity contribution in [1.82, 2.24) is 10.3 Å². The Hall–Kier alpha value is -2.59. The average molecular weight is 313 g/mol. The molecule has 1 heterocycles. The van der Waals surface area contributed by atoms with Crippen LogP contribution in [0.2, 0.25) is 5.02 Å². The summed E-state index contributed by atoms with van der Waals surface area (Å²) in [6, 6.07) is 16.1. The molecule has 5 heteroatoms. The molecule has 1 amide bonds. The van der Waals surface area contributed by atoms with Crippen LogP contribution in [0.15, 0.2) is 59.4 Å². The van der Waals surface area contributed by atoms with E-state index < -0.39 is 0 Å². The van der Waals surface area contributed by atoms with E-state index in [4.69, 9.17) is 11.6 Å². The Labute approximate surface area is 131 Å². The van der Waals surface area contributed by atoms with Crippen molar-refractivity contribution in [2.45, 2.75) is 6.54 Å². The molecule has 2 aromatic carbocycles. The number of H-pyrrole nitrogens is 1. The lowest BCUT2D eigenvalue weighted by Crippen LogP contribution is -2.26. The molecule has 22 heavy (non-hydrogen) atoms. The maximum atomic E-state index is 12.2. The smallest absolute Gasteiger partial charge is 0.268 e. The number of carbonyl (C=O) groups is 1. The van der Waals surface area contributed by atoms with E-state index in [2.05, 4.69) is 10.3 Å². The van der Waals surface area contributed by atoms with Crippen LogP contribution < -0.4 is 10.9 Å². The van der Waals surface area contributed by atoms with Crippen molar-refractivity contribution in [3.05, 3.63) is 81.2 Å². The number of hydrogen-bond donors (Lipinski definition) is 2. The lowest BCUT2D eigenvalue weighted by Gasteiger charge is -2.06. The number of hydrogen-bond acceptors (Lipinski definition) is 2. The summed E-state index contributed by atoms with van der Waals surface area (Å²) in [5.41, 5.74) is 0.862. The van der Waals surface area contributed by atoms with Gasteiger partial charge in [-0.05, 0) is 35.2 Å². The van der Waals surface area contributed by atoms with E-state index in [-0.39, 0.29) is 17.2 Å². The fraction of sp³-hybridized carbons (Fsp3) is 0.0588. The molecule has 4 nitrogen and oxygen atoms in total. The molecule has 0 radical (unpaired) electrons. The van der Waals surface area contributed by atoms with Crippen LogP contribution in [0.1, 0.15) is 16.1 Å². The van der Waals surface area contributed by atoms with Gasteiger partial charge in [0, 0.05) is 17.0 Å². The van der Waals surface area contributed by atoms with Crippen LogP contribution in [0.4, 0.5) is 0 Å². The Kier molecular flexibility index (Phi) is 3.94. The molecule has 0 aliphatic rings. The van der Waals surface area contributed by atoms with Gasteiger partial charge >= 0.3 is 0 Å². The van der Waals surface area contributed by atoms with Gasteiger partial charge in [0.2, 0.25) is 0 Å². The summed E-state index contributed by atoms with van der Waals surface area (Å²) in [6.07, 6.45) is 0. The quantitative estimate of drug-likeness (QED) is 0.780. The van der Waals surface area contributed by atoms with Gasteiger partial charge in [0.1, 0.15) is 5.69 Å². The lowest BCUT2D eigenvalue weighted by atomic mass is 10.1. The minimum atomic E-state index is -0.331. The third kappa shape index (κ3) is 3.02. The third-order valence-electron chi connectivity index (χ3n) is 3.34. The summed E-state index contributed by atoms with van der Waals surface area (Å²) in [5, 5.41) is 4.68. The Morgan fingerprint density at radius 2 is 1.91 bits per heavy atom. The minimum absolute atomic E-state index is 0.241. The largest absolute Gasteiger partial charge is 0.347 e. The molecular weight excluding hydrogens is 300 g/mol. The number of pyridine rings is 1. The van der Waals surface area contributed by atoms with E-state index in [9.17, 15) is 9.59 Å². The van der Waals surface area contributed by atoms with E-state index in [1.165, 1.54) is 0 Å². The van der Waals surface area contributed by atoms with Crippen molar-refractivity contribution in [1.29, 1.82) is 0 Å². The van der Waals surface area contributed by atoms with Gasteiger partial charge < -0.3 is 10.3 Å². The van der Waals surface area contributed by atoms with Gasteiger partial charge in [0.25, 0.3) is 11.5 Å². The summed E-state index contributed by atoms with van der Waals surface area (Å²) < 4.78 is 0. The van der Waals surface area contributed by atoms with Crippen molar-refractivity contribution < 1.29 is 4.79 Å². The first-order valence-electron chi connectivity index (χ1n) is 6.78. The van der Waals surface area contributed by atoms with Gasteiger partial charge in [-0.1, -0.05) is 41.9 Å². The second-order valence-corrected chi connectivity index (χ2v) is 5.35. The number of carbonyl (C=O) groups excluding carboxylic acids is 1. The molecule has 0 atom stereocenters. The van der Waals surface area contributed by atoms with Gasteiger partial charge in [-0.3, -0.25) is 9.59 Å². The van der Waals surface area contributed by atoms with Crippen molar-refractivity contribution in [3.63, 3.8) is 0 Å². The van der Waals surface area contributed by atoms with E-state index in [1.807, 2.05) is 18.2 Å². The van der Waals surface area contributed by atoms with Crippen LogP contribution in [0.5, 0.6) is 0 Å². The molecule has 3 aromatic rings. The van der Waals surface area contributed by atoms with Gasteiger partial charge in [-0.2, -0.15) is 0 Å². The van der Waals surface area contributed by atoms with Gasteiger partial charge in [0.05, 0.1) is 0 Å². The van der Waals surface area contributed by atoms with Crippen molar-refractivity contribution in [3.8, 4) is 0 Å². The highest BCUT2D eigenvalue weighted by molar-refractivity contribution is 6.30. The van der Waals surface area contributed by atoms with Crippen molar-refractivity contribution >= 4 is 28.3 Å². The fourth-order valence-electron chi connectivity index (χ4n) is 2.26. The zero-order valence-electron chi connectivity index (χ0n) is 11.6. The standard InChI is InChI=1S/C17H13ClN2O2/c18-13-6-3-4-11(8-13)10-19-17(22)15-9-12-5-1-2-7-14(12)16(21)20-15/h1-9H,10H2,(H,19,22)(H,20,21). The Morgan fingerprint density at radius 1 is 1.09 bits per heavy atom. The minimum Gasteiger partial charge on any atom is -0.347 e. The number of benzene rings is 2. The molecule has 0 saturated carbocycles. The zero-order valence-corrected chi connectivity index (χ0v) is 12.4. The molecule has 0 spiro atoms. The number of aromatic nitrogens is 1. The van der Waals surface area contributed by atoms with E-state index in [1.54, 1.807) is 36.4 Å². The van der Waals surface area contributed by atoms with E-state index in [0.29, 0.717) is 17.0 Å². The highest BCUT2D eigenvalue weighted by atomic mass is 35.5. The molecule has 2 N–H and O–H groups in total. The second-order valence-electron chi connectivity index (χ2n) is 4.91. The molecule has 0 unspecified atom stereocenters. The maximum Gasteiger partial charge on any atom is 0.268 e. The third-order valence-corrected chi connectivity index (χ3v) is 3.58. The zero-order chi connectivity index (χ0) is 15.5. The van der Waals surface area contributed by atoms with Crippen LogP contribution in [-0.4, -0.2) is 10.9 Å². The SMILES string of the molecule is O=C(NCc1cccc(Cl)c1)c1cc2ccccc2c(=O)[nH]1. The summed E-state index contributed by atoms with van der Waals surface area (Å²) in [7, 11) is 0. The number of fused-ring (bicyclic) bond motifs is 1. The highest BCUT2D eigenvalue weighted by Gasteiger charge is 2.09. The Bertz CT molecular complexity index is 902. The number of nitrogens with one attached hydrogen (secondary N) is 2. The molecule has 0 aliphatic carbocycles. The Balaban J connectivity index is 1.82. The van der Waals surface area contributed by atoms with Crippen LogP contribution in [0.3, 0.4) is 0 Å². The molecule has 0 bridgehead atoms. The molecule has 1 aromatic heterocycles. The lowest BCUT2D eigenvalue weighted by molar-refractivity contribution is 0.0946. The predicted molar refractivity (Wildman–Crippen MR) is 87.2 cm³/mol. The predicted octanol–water partition coefficient (Wildman–Crippen LogP) is 3.11. The normalized spacial score (nSPS) is 10.6. The number of rotatable bonds is 3. The van der Waals surface area contributed by atoms with E-state index in [0.717, 1.165) is 10.9 Å². The molecule has 0 fully saturated rings. The first-order chi connectivity index (χ1) is 10.6. The molecule has 110 valence electrons. The number of amides is 1. The van der Waals surface area contributed by atoms with E-state index >= 15 is 0 Å². The van der Waals surface area contributed by atoms with Gasteiger partial charge in [-0.25, -0.2) is 0 Å². The summed E-state index contributed by atoms with van der Waals surface area (Å²) >= 11 is 5.90. The summed E-state index contributed by atoms with van der Waals surface area (Å²) in [5.74, 6) is -0.331. The topological polar surface area (TPSA) is 62.0 Å². The number of aromatic amines is 1. The van der Waals surface area contributed by atoms with Gasteiger partial charge in [0.15, 0.2) is 0 Å². The first-order valence-corrected chi connectivity index (χ1v) is 7.16. The first kappa shape index (κ1) is 14.4. The highest BCUT2D eigenvalue weighted by Crippen LogP contribution is 2.12. The van der Waals surface area contributed by atoms with Crippen molar-refractivity contribution in [2.75, 3.05) is 0 Å². The van der Waals surface area contributed by atoms with Crippen LogP contribution in [0.25, 0.3) is 10.8 Å².